The van der Waals surface area contributed by atoms with Crippen molar-refractivity contribution >= 4 is 0 Å². The minimum absolute atomic E-state index is 0.0475. The van der Waals surface area contributed by atoms with E-state index in [9.17, 15) is 39.5 Å². The zero-order valence-electron chi connectivity index (χ0n) is 22.9. The van der Waals surface area contributed by atoms with Gasteiger partial charge in [-0.2, -0.15) is 26.3 Å². The summed E-state index contributed by atoms with van der Waals surface area (Å²) in [4.78, 5) is 0. The van der Waals surface area contributed by atoms with Crippen molar-refractivity contribution in [1.29, 1.82) is 0 Å². The lowest BCUT2D eigenvalue weighted by Crippen LogP contribution is -2.41. The third-order valence-electron chi connectivity index (χ3n) is 6.71. The van der Waals surface area contributed by atoms with Crippen LogP contribution in [0.5, 0.6) is 0 Å². The van der Waals surface area contributed by atoms with Crippen LogP contribution in [0.4, 0.5) is 39.5 Å². The summed E-state index contributed by atoms with van der Waals surface area (Å²) in [5.41, 5.74) is -1.39. The van der Waals surface area contributed by atoms with Crippen LogP contribution in [0.15, 0.2) is 84.7 Å². The van der Waals surface area contributed by atoms with Crippen LogP contribution in [0.1, 0.15) is 45.4 Å². The molecule has 1 heterocycles. The fourth-order valence-electron chi connectivity index (χ4n) is 4.54. The van der Waals surface area contributed by atoms with Crippen molar-refractivity contribution in [2.75, 3.05) is 13.2 Å². The minimum Gasteiger partial charge on any atom is -0.433 e. The molecular weight excluding hydrogens is 583 g/mol. The van der Waals surface area contributed by atoms with E-state index in [0.717, 1.165) is 12.8 Å². The third kappa shape index (κ3) is 10.7. The van der Waals surface area contributed by atoms with Gasteiger partial charge < -0.3 is 18.9 Å². The molecule has 0 bridgehead atoms. The monoisotopic (exact) mass is 616 g/mol. The Balaban J connectivity index is 1.93. The molecule has 0 atom stereocenters. The van der Waals surface area contributed by atoms with Crippen LogP contribution in [-0.4, -0.2) is 31.7 Å². The van der Waals surface area contributed by atoms with E-state index in [-0.39, 0.29) is 24.8 Å². The predicted octanol–water partition coefficient (Wildman–Crippen LogP) is 9.72. The Morgan fingerprint density at radius 2 is 1.48 bits per heavy atom. The number of rotatable bonds is 14. The van der Waals surface area contributed by atoms with E-state index >= 15 is 0 Å². The van der Waals surface area contributed by atoms with Crippen molar-refractivity contribution in [3.05, 3.63) is 84.7 Å². The van der Waals surface area contributed by atoms with Gasteiger partial charge in [0.15, 0.2) is 17.9 Å². The molecule has 1 aliphatic carbocycles. The van der Waals surface area contributed by atoms with Gasteiger partial charge in [-0.1, -0.05) is 33.1 Å². The summed E-state index contributed by atoms with van der Waals surface area (Å²) in [5.74, 6) is -6.77. The molecule has 2 fully saturated rings. The highest BCUT2D eigenvalue weighted by molar-refractivity contribution is 5.49. The van der Waals surface area contributed by atoms with Crippen LogP contribution in [0.3, 0.4) is 0 Å². The molecule has 4 nitrogen and oxygen atoms in total. The second kappa shape index (κ2) is 15.5. The molecule has 2 rings (SSSR count). The van der Waals surface area contributed by atoms with Gasteiger partial charge in [0.1, 0.15) is 17.9 Å². The van der Waals surface area contributed by atoms with Crippen LogP contribution < -0.4 is 0 Å². The summed E-state index contributed by atoms with van der Waals surface area (Å²) in [6.07, 6.45) is -9.96. The molecule has 0 unspecified atom stereocenters. The predicted molar refractivity (Wildman–Crippen MR) is 137 cm³/mol. The SMILES string of the molecule is C=C(/C=C(/F)C(=C)C(=C)/C=C(F)\C(=C\F)OC(F)(F)C=C(F)F)OC(F)(F)C1CCC(C2OCC(CCC)CO2)CC1. The number of allylic oxidation sites excluding steroid dienone is 6. The summed E-state index contributed by atoms with van der Waals surface area (Å²) in [7, 11) is 0. The van der Waals surface area contributed by atoms with Crippen molar-refractivity contribution in [1.82, 2.24) is 0 Å². The van der Waals surface area contributed by atoms with E-state index in [1.54, 1.807) is 0 Å². The van der Waals surface area contributed by atoms with Crippen LogP contribution >= 0.6 is 0 Å². The molecule has 0 spiro atoms. The van der Waals surface area contributed by atoms with E-state index in [2.05, 4.69) is 36.1 Å². The lowest BCUT2D eigenvalue weighted by atomic mass is 9.80. The maximum atomic E-state index is 14.8. The first kappa shape index (κ1) is 35.3. The van der Waals surface area contributed by atoms with Crippen LogP contribution in [0.25, 0.3) is 0 Å². The van der Waals surface area contributed by atoms with Crippen molar-refractivity contribution in [2.45, 2.75) is 64.0 Å². The van der Waals surface area contributed by atoms with Gasteiger partial charge in [-0.25, -0.2) is 13.2 Å². The summed E-state index contributed by atoms with van der Waals surface area (Å²) in [6.45, 7) is 12.9. The molecule has 1 saturated carbocycles. The van der Waals surface area contributed by atoms with Crippen molar-refractivity contribution in [3.8, 4) is 0 Å². The molecule has 2 aliphatic rings. The molecule has 13 heteroatoms. The number of alkyl halides is 4. The number of hydrogen-bond donors (Lipinski definition) is 0. The van der Waals surface area contributed by atoms with E-state index in [1.807, 2.05) is 0 Å². The van der Waals surface area contributed by atoms with E-state index < -0.39 is 77.2 Å². The zero-order chi connectivity index (χ0) is 31.7. The molecule has 0 aromatic carbocycles. The Morgan fingerprint density at radius 3 is 2.00 bits per heavy atom. The molecule has 42 heavy (non-hydrogen) atoms. The molecule has 0 radical (unpaired) electrons. The largest absolute Gasteiger partial charge is 0.433 e. The first-order valence-electron chi connectivity index (χ1n) is 13.1. The van der Waals surface area contributed by atoms with Gasteiger partial charge in [-0.05, 0) is 43.8 Å². The minimum atomic E-state index is -4.78. The number of ether oxygens (including phenoxy) is 4. The maximum Gasteiger partial charge on any atom is 0.425 e. The average molecular weight is 617 g/mol. The standard InChI is InChI=1S/C29H33F9O4/c1-5-6-20-15-39-27(40-16-20)21-7-9-22(10-8-21)29(37,38)41-18(3)12-23(31)19(4)17(2)11-24(32)25(14-30)42-28(35,36)13-26(33)34/h11-14,20-22,27H,2-10,15-16H2,1H3/b23-12+,24-11+,25-14-. The highest BCUT2D eigenvalue weighted by Gasteiger charge is 2.45. The van der Waals surface area contributed by atoms with Gasteiger partial charge >= 0.3 is 12.2 Å². The van der Waals surface area contributed by atoms with E-state index in [4.69, 9.17) is 9.47 Å². The Kier molecular flexibility index (Phi) is 13.0. The molecule has 0 amide bonds. The Labute approximate surface area is 238 Å². The third-order valence-corrected chi connectivity index (χ3v) is 6.71. The molecule has 0 aromatic heterocycles. The Morgan fingerprint density at radius 1 is 0.881 bits per heavy atom. The van der Waals surface area contributed by atoms with Gasteiger partial charge in [0.25, 0.3) is 6.08 Å². The van der Waals surface area contributed by atoms with Crippen LogP contribution in [0.2, 0.25) is 0 Å². The molecule has 1 saturated heterocycles. The van der Waals surface area contributed by atoms with Crippen LogP contribution in [0, 0.1) is 17.8 Å². The summed E-state index contributed by atoms with van der Waals surface area (Å²) >= 11 is 0. The maximum absolute atomic E-state index is 14.8. The van der Waals surface area contributed by atoms with Crippen molar-refractivity contribution < 1.29 is 58.5 Å². The first-order valence-corrected chi connectivity index (χ1v) is 13.1. The zero-order valence-corrected chi connectivity index (χ0v) is 22.9. The first-order chi connectivity index (χ1) is 19.6. The second-order valence-electron chi connectivity index (χ2n) is 9.99. The average Bonchev–Trinajstić information content (AvgIpc) is 2.90. The summed E-state index contributed by atoms with van der Waals surface area (Å²) in [5, 5.41) is 0. The molecule has 0 aromatic rings. The fraction of sp³-hybridized carbons (Fsp3) is 0.517. The van der Waals surface area contributed by atoms with Crippen molar-refractivity contribution in [3.63, 3.8) is 0 Å². The van der Waals surface area contributed by atoms with Gasteiger partial charge in [-0.15, -0.1) is 0 Å². The quantitative estimate of drug-likeness (QED) is 0.111. The molecule has 1 aliphatic heterocycles. The van der Waals surface area contributed by atoms with E-state index in [0.29, 0.717) is 38.0 Å². The topological polar surface area (TPSA) is 36.9 Å². The molecular formula is C29H33F9O4. The van der Waals surface area contributed by atoms with Gasteiger partial charge in [0, 0.05) is 23.5 Å². The lowest BCUT2D eigenvalue weighted by molar-refractivity contribution is -0.264. The van der Waals surface area contributed by atoms with Gasteiger partial charge in [0.2, 0.25) is 0 Å². The van der Waals surface area contributed by atoms with Crippen molar-refractivity contribution in [2.24, 2.45) is 17.8 Å². The van der Waals surface area contributed by atoms with Crippen LogP contribution in [-0.2, 0) is 18.9 Å². The lowest BCUT2D eigenvalue weighted by Gasteiger charge is -2.39. The number of hydrogen-bond acceptors (Lipinski definition) is 4. The summed E-state index contributed by atoms with van der Waals surface area (Å²) < 4.78 is 142. The Bertz CT molecular complexity index is 1090. The van der Waals surface area contributed by atoms with Gasteiger partial charge in [-0.3, -0.25) is 0 Å². The summed E-state index contributed by atoms with van der Waals surface area (Å²) in [6, 6.07) is 0. The Hall–Kier alpha value is -2.93. The highest BCUT2D eigenvalue weighted by atomic mass is 19.3. The fourth-order valence-corrected chi connectivity index (χ4v) is 4.54. The highest BCUT2D eigenvalue weighted by Crippen LogP contribution is 2.42. The van der Waals surface area contributed by atoms with Gasteiger partial charge in [0.05, 0.1) is 25.2 Å². The molecule has 236 valence electrons. The molecule has 0 N–H and O–H groups in total. The smallest absolute Gasteiger partial charge is 0.425 e. The number of halogens is 9. The second-order valence-corrected chi connectivity index (χ2v) is 9.99. The normalized spacial score (nSPS) is 24.6. The van der Waals surface area contributed by atoms with E-state index in [1.165, 1.54) is 0 Å².